The molecule has 0 bridgehead atoms. The van der Waals surface area contributed by atoms with E-state index < -0.39 is 18.4 Å². The molecule has 6 nitrogen and oxygen atoms in total. The zero-order valence-electron chi connectivity index (χ0n) is 13.5. The number of aliphatic carboxylic acids is 1. The molecule has 0 spiro atoms. The van der Waals surface area contributed by atoms with E-state index in [1.165, 1.54) is 6.08 Å². The minimum Gasteiger partial charge on any atom is -0.496 e. The van der Waals surface area contributed by atoms with Crippen LogP contribution in [0.2, 0.25) is 0 Å². The summed E-state index contributed by atoms with van der Waals surface area (Å²) in [4.78, 5) is 22.3. The Morgan fingerprint density at radius 2 is 2.09 bits per heavy atom. The molecule has 0 atom stereocenters. The molecule has 0 saturated carbocycles. The Morgan fingerprint density at radius 3 is 2.70 bits per heavy atom. The van der Waals surface area contributed by atoms with Gasteiger partial charge in [0.1, 0.15) is 17.9 Å². The van der Waals surface area contributed by atoms with Crippen LogP contribution in [0.25, 0.3) is 16.5 Å². The van der Waals surface area contributed by atoms with Gasteiger partial charge in [-0.25, -0.2) is 0 Å². The van der Waals surface area contributed by atoms with Gasteiger partial charge < -0.3 is 19.6 Å². The Bertz CT molecular complexity index is 801. The zero-order valence-corrected chi connectivity index (χ0v) is 13.5. The first kappa shape index (κ1) is 16.6. The summed E-state index contributed by atoms with van der Waals surface area (Å²) in [5.41, 5.74) is 4.05. The second kappa shape index (κ2) is 6.56. The normalized spacial score (nSPS) is 11.6. The molecule has 0 saturated heterocycles. The van der Waals surface area contributed by atoms with Crippen molar-refractivity contribution in [2.45, 2.75) is 20.8 Å². The smallest absolute Gasteiger partial charge is 0.322 e. The first-order valence-electron chi connectivity index (χ1n) is 7.08. The van der Waals surface area contributed by atoms with Crippen molar-refractivity contribution < 1.29 is 23.8 Å². The number of amides is 1. The Hall–Kier alpha value is -2.76. The number of carboxylic acid groups (broad SMARTS) is 1. The van der Waals surface area contributed by atoms with Crippen molar-refractivity contribution in [3.8, 4) is 5.75 Å². The molecule has 0 radical (unpaired) electrons. The summed E-state index contributed by atoms with van der Waals surface area (Å²) in [5, 5.41) is 11.9. The predicted molar refractivity (Wildman–Crippen MR) is 86.5 cm³/mol. The highest BCUT2D eigenvalue weighted by Crippen LogP contribution is 2.37. The molecule has 1 amide bonds. The maximum atomic E-state index is 11.8. The highest BCUT2D eigenvalue weighted by Gasteiger charge is 2.16. The number of benzene rings is 1. The van der Waals surface area contributed by atoms with Crippen LogP contribution in [0, 0.1) is 13.8 Å². The van der Waals surface area contributed by atoms with Crippen LogP contribution < -0.4 is 10.1 Å². The van der Waals surface area contributed by atoms with Crippen molar-refractivity contribution in [3.63, 3.8) is 0 Å². The van der Waals surface area contributed by atoms with E-state index in [1.54, 1.807) is 20.3 Å². The SMILES string of the molecule is COc1c(/C(C)=C/C(=O)NCC(=O)O)cc2c(C)coc2c1C. The van der Waals surface area contributed by atoms with E-state index in [2.05, 4.69) is 5.32 Å². The lowest BCUT2D eigenvalue weighted by atomic mass is 9.98. The van der Waals surface area contributed by atoms with Crippen LogP contribution in [-0.4, -0.2) is 30.6 Å². The zero-order chi connectivity index (χ0) is 17.1. The fraction of sp³-hybridized carbons (Fsp3) is 0.294. The van der Waals surface area contributed by atoms with Crippen molar-refractivity contribution in [2.75, 3.05) is 13.7 Å². The summed E-state index contributed by atoms with van der Waals surface area (Å²) < 4.78 is 11.0. The molecule has 6 heteroatoms. The van der Waals surface area contributed by atoms with E-state index in [1.807, 2.05) is 19.9 Å². The summed E-state index contributed by atoms with van der Waals surface area (Å²) in [6.07, 6.45) is 3.04. The van der Waals surface area contributed by atoms with Gasteiger partial charge in [0.25, 0.3) is 0 Å². The molecule has 1 aromatic heterocycles. The Labute approximate surface area is 133 Å². The van der Waals surface area contributed by atoms with Crippen molar-refractivity contribution in [1.82, 2.24) is 5.32 Å². The minimum atomic E-state index is -1.09. The quantitative estimate of drug-likeness (QED) is 0.828. The number of fused-ring (bicyclic) bond motifs is 1. The van der Waals surface area contributed by atoms with Crippen LogP contribution in [0.4, 0.5) is 0 Å². The number of hydrogen-bond acceptors (Lipinski definition) is 4. The fourth-order valence-corrected chi connectivity index (χ4v) is 2.48. The first-order valence-corrected chi connectivity index (χ1v) is 7.08. The molecule has 0 aliphatic carbocycles. The number of nitrogens with one attached hydrogen (secondary N) is 1. The summed E-state index contributed by atoms with van der Waals surface area (Å²) in [6, 6.07) is 1.91. The maximum Gasteiger partial charge on any atom is 0.322 e. The van der Waals surface area contributed by atoms with Crippen LogP contribution in [0.15, 0.2) is 22.8 Å². The highest BCUT2D eigenvalue weighted by molar-refractivity contribution is 5.99. The molecular formula is C17H19NO5. The number of furan rings is 1. The van der Waals surface area contributed by atoms with Gasteiger partial charge in [0.15, 0.2) is 0 Å². The Kier molecular flexibility index (Phi) is 4.74. The number of carboxylic acids is 1. The number of aryl methyl sites for hydroxylation is 2. The Balaban J connectivity index is 2.46. The summed E-state index contributed by atoms with van der Waals surface area (Å²) in [7, 11) is 1.56. The third-order valence-electron chi connectivity index (χ3n) is 3.63. The number of allylic oxidation sites excluding steroid dienone is 1. The second-order valence-corrected chi connectivity index (χ2v) is 5.32. The number of carbonyl (C=O) groups excluding carboxylic acids is 1. The molecule has 0 unspecified atom stereocenters. The predicted octanol–water partition coefficient (Wildman–Crippen LogP) is 2.66. The number of rotatable bonds is 5. The van der Waals surface area contributed by atoms with E-state index in [4.69, 9.17) is 14.3 Å². The second-order valence-electron chi connectivity index (χ2n) is 5.32. The van der Waals surface area contributed by atoms with Gasteiger partial charge in [0.2, 0.25) is 5.91 Å². The number of hydrogen-bond donors (Lipinski definition) is 2. The van der Waals surface area contributed by atoms with Crippen LogP contribution in [0.3, 0.4) is 0 Å². The standard InChI is InChI=1S/C17H19NO5/c1-9(5-14(19)18-7-15(20)21)12-6-13-10(2)8-23-17(13)11(3)16(12)22-4/h5-6,8H,7H2,1-4H3,(H,18,19)(H,20,21)/b9-5+. The van der Waals surface area contributed by atoms with Gasteiger partial charge in [-0.2, -0.15) is 0 Å². The van der Waals surface area contributed by atoms with Crippen LogP contribution >= 0.6 is 0 Å². The Morgan fingerprint density at radius 1 is 1.39 bits per heavy atom. The van der Waals surface area contributed by atoms with E-state index in [0.717, 1.165) is 27.7 Å². The average molecular weight is 317 g/mol. The van der Waals surface area contributed by atoms with E-state index in [9.17, 15) is 9.59 Å². The van der Waals surface area contributed by atoms with Crippen molar-refractivity contribution in [1.29, 1.82) is 0 Å². The molecule has 2 N–H and O–H groups in total. The van der Waals surface area contributed by atoms with Crippen molar-refractivity contribution in [3.05, 3.63) is 35.1 Å². The van der Waals surface area contributed by atoms with Gasteiger partial charge in [-0.3, -0.25) is 9.59 Å². The fourth-order valence-electron chi connectivity index (χ4n) is 2.48. The van der Waals surface area contributed by atoms with Crippen LogP contribution in [-0.2, 0) is 9.59 Å². The molecule has 2 rings (SSSR count). The average Bonchev–Trinajstić information content (AvgIpc) is 2.86. The minimum absolute atomic E-state index is 0.418. The molecule has 23 heavy (non-hydrogen) atoms. The lowest BCUT2D eigenvalue weighted by Gasteiger charge is -2.13. The molecule has 122 valence electrons. The van der Waals surface area contributed by atoms with Crippen molar-refractivity contribution in [2.24, 2.45) is 0 Å². The lowest BCUT2D eigenvalue weighted by Crippen LogP contribution is -2.27. The third-order valence-corrected chi connectivity index (χ3v) is 3.63. The van der Waals surface area contributed by atoms with Crippen LogP contribution in [0.5, 0.6) is 5.75 Å². The summed E-state index contributed by atoms with van der Waals surface area (Å²) in [5.74, 6) is -0.923. The third kappa shape index (κ3) is 3.36. The summed E-state index contributed by atoms with van der Waals surface area (Å²) in [6.45, 7) is 5.20. The first-order chi connectivity index (χ1) is 10.8. The monoisotopic (exact) mass is 317 g/mol. The molecule has 0 aliphatic rings. The molecular weight excluding hydrogens is 298 g/mol. The van der Waals surface area contributed by atoms with Gasteiger partial charge in [0, 0.05) is 22.6 Å². The number of carbonyl (C=O) groups is 2. The van der Waals surface area contributed by atoms with Crippen molar-refractivity contribution >= 4 is 28.4 Å². The molecule has 1 heterocycles. The van der Waals surface area contributed by atoms with Gasteiger partial charge >= 0.3 is 5.97 Å². The topological polar surface area (TPSA) is 88.8 Å². The van der Waals surface area contributed by atoms with Gasteiger partial charge in [0.05, 0.1) is 13.4 Å². The molecule has 0 aliphatic heterocycles. The lowest BCUT2D eigenvalue weighted by molar-refractivity contribution is -0.137. The van der Waals surface area contributed by atoms with Gasteiger partial charge in [-0.15, -0.1) is 0 Å². The van der Waals surface area contributed by atoms with Crippen LogP contribution in [0.1, 0.15) is 23.6 Å². The molecule has 0 fully saturated rings. The van der Waals surface area contributed by atoms with E-state index >= 15 is 0 Å². The maximum absolute atomic E-state index is 11.8. The molecule has 1 aromatic carbocycles. The summed E-state index contributed by atoms with van der Waals surface area (Å²) >= 11 is 0. The van der Waals surface area contributed by atoms with E-state index in [-0.39, 0.29) is 0 Å². The van der Waals surface area contributed by atoms with Gasteiger partial charge in [-0.05, 0) is 38.0 Å². The largest absolute Gasteiger partial charge is 0.496 e. The highest BCUT2D eigenvalue weighted by atomic mass is 16.5. The number of methoxy groups -OCH3 is 1. The van der Waals surface area contributed by atoms with Gasteiger partial charge in [-0.1, -0.05) is 0 Å². The molecule has 2 aromatic rings. The van der Waals surface area contributed by atoms with E-state index in [0.29, 0.717) is 11.3 Å². The number of ether oxygens (including phenoxy) is 1.